The third kappa shape index (κ3) is 4.10. The van der Waals surface area contributed by atoms with Crippen molar-refractivity contribution in [2.24, 2.45) is 0 Å². The van der Waals surface area contributed by atoms with Crippen molar-refractivity contribution in [3.05, 3.63) is 59.6 Å². The zero-order valence-corrected chi connectivity index (χ0v) is 14.9. The molecule has 0 saturated carbocycles. The number of rotatable bonds is 7. The zero-order chi connectivity index (χ0) is 16.8. The van der Waals surface area contributed by atoms with E-state index in [1.807, 2.05) is 54.6 Å². The predicted molar refractivity (Wildman–Crippen MR) is 98.8 cm³/mol. The molecule has 3 rings (SSSR count). The number of thioether (sulfide) groups is 1. The molecular weight excluding hydrogens is 342 g/mol. The molecule has 0 fully saturated rings. The van der Waals surface area contributed by atoms with E-state index in [1.54, 1.807) is 11.8 Å². The van der Waals surface area contributed by atoms with E-state index in [4.69, 9.17) is 16.3 Å². The van der Waals surface area contributed by atoms with Gasteiger partial charge in [0.05, 0.1) is 6.61 Å². The fraction of sp³-hybridized carbons (Fsp3) is 0.222. The first-order chi connectivity index (χ1) is 11.8. The van der Waals surface area contributed by atoms with Crippen LogP contribution in [-0.4, -0.2) is 27.1 Å². The smallest absolute Gasteiger partial charge is 0.191 e. The molecule has 1 heterocycles. The summed E-state index contributed by atoms with van der Waals surface area (Å²) in [5.74, 6) is 2.52. The highest BCUT2D eigenvalue weighted by atomic mass is 35.5. The van der Waals surface area contributed by atoms with Crippen molar-refractivity contribution in [3.63, 3.8) is 0 Å². The Hall–Kier alpha value is -1.98. The monoisotopic (exact) mass is 359 g/mol. The number of ether oxygens (including phenoxy) is 1. The summed E-state index contributed by atoms with van der Waals surface area (Å²) in [6, 6.07) is 17.5. The first-order valence-corrected chi connectivity index (χ1v) is 9.14. The highest BCUT2D eigenvalue weighted by molar-refractivity contribution is 7.99. The van der Waals surface area contributed by atoms with Crippen molar-refractivity contribution >= 4 is 23.4 Å². The van der Waals surface area contributed by atoms with E-state index in [0.29, 0.717) is 11.6 Å². The molecule has 124 valence electrons. The van der Waals surface area contributed by atoms with Crippen LogP contribution in [0.4, 0.5) is 0 Å². The van der Waals surface area contributed by atoms with Crippen LogP contribution < -0.4 is 4.74 Å². The van der Waals surface area contributed by atoms with E-state index in [0.717, 1.165) is 34.6 Å². The van der Waals surface area contributed by atoms with Crippen LogP contribution in [0.25, 0.3) is 11.4 Å². The molecule has 24 heavy (non-hydrogen) atoms. The van der Waals surface area contributed by atoms with Crippen molar-refractivity contribution < 1.29 is 4.74 Å². The van der Waals surface area contributed by atoms with Gasteiger partial charge in [-0.05, 0) is 31.2 Å². The standard InChI is InChI=1S/C18H18ClN3OS/c1-2-22-17(14-6-4-3-5-7-14)20-21-18(22)24-13-12-23-16-10-8-15(19)9-11-16/h3-11H,2,12-13H2,1H3. The van der Waals surface area contributed by atoms with E-state index in [2.05, 4.69) is 21.7 Å². The summed E-state index contributed by atoms with van der Waals surface area (Å²) in [5, 5.41) is 10.3. The molecule has 0 aliphatic carbocycles. The largest absolute Gasteiger partial charge is 0.493 e. The normalized spacial score (nSPS) is 10.8. The molecule has 6 heteroatoms. The molecule has 0 radical (unpaired) electrons. The van der Waals surface area contributed by atoms with Gasteiger partial charge in [-0.2, -0.15) is 0 Å². The average Bonchev–Trinajstić information content (AvgIpc) is 3.04. The minimum atomic E-state index is 0.601. The fourth-order valence-corrected chi connectivity index (χ4v) is 3.25. The summed E-state index contributed by atoms with van der Waals surface area (Å²) in [6.07, 6.45) is 0. The number of aromatic nitrogens is 3. The second-order valence-electron chi connectivity index (χ2n) is 5.07. The minimum absolute atomic E-state index is 0.601. The molecule has 0 aliphatic heterocycles. The number of hydrogen-bond donors (Lipinski definition) is 0. The third-order valence-corrected chi connectivity index (χ3v) is 4.64. The molecule has 0 aliphatic rings. The zero-order valence-electron chi connectivity index (χ0n) is 13.4. The summed E-state index contributed by atoms with van der Waals surface area (Å²) in [6.45, 7) is 3.53. The van der Waals surface area contributed by atoms with Crippen LogP contribution in [0.1, 0.15) is 6.92 Å². The van der Waals surface area contributed by atoms with Crippen molar-refractivity contribution in [2.45, 2.75) is 18.6 Å². The Labute approximate surface area is 150 Å². The van der Waals surface area contributed by atoms with E-state index < -0.39 is 0 Å². The van der Waals surface area contributed by atoms with Gasteiger partial charge in [0.2, 0.25) is 0 Å². The molecule has 0 atom stereocenters. The van der Waals surface area contributed by atoms with E-state index >= 15 is 0 Å². The third-order valence-electron chi connectivity index (χ3n) is 3.46. The summed E-state index contributed by atoms with van der Waals surface area (Å²) < 4.78 is 7.84. The van der Waals surface area contributed by atoms with Gasteiger partial charge in [0.25, 0.3) is 0 Å². The quantitative estimate of drug-likeness (QED) is 0.449. The lowest BCUT2D eigenvalue weighted by Crippen LogP contribution is -2.03. The Bertz CT molecular complexity index is 775. The lowest BCUT2D eigenvalue weighted by molar-refractivity contribution is 0.344. The van der Waals surface area contributed by atoms with Crippen molar-refractivity contribution in [1.82, 2.24) is 14.8 Å². The number of hydrogen-bond acceptors (Lipinski definition) is 4. The topological polar surface area (TPSA) is 39.9 Å². The highest BCUT2D eigenvalue weighted by Crippen LogP contribution is 2.24. The van der Waals surface area contributed by atoms with Crippen LogP contribution in [0.15, 0.2) is 59.8 Å². The Morgan fingerprint density at radius 2 is 1.79 bits per heavy atom. The van der Waals surface area contributed by atoms with Gasteiger partial charge in [-0.25, -0.2) is 0 Å². The summed E-state index contributed by atoms with van der Waals surface area (Å²) in [4.78, 5) is 0. The van der Waals surface area contributed by atoms with Gasteiger partial charge in [-0.3, -0.25) is 0 Å². The SMILES string of the molecule is CCn1c(SCCOc2ccc(Cl)cc2)nnc1-c1ccccc1. The minimum Gasteiger partial charge on any atom is -0.493 e. The van der Waals surface area contributed by atoms with E-state index in [1.165, 1.54) is 0 Å². The van der Waals surface area contributed by atoms with Gasteiger partial charge in [-0.15, -0.1) is 10.2 Å². The lowest BCUT2D eigenvalue weighted by atomic mass is 10.2. The molecule has 3 aromatic rings. The first kappa shape index (κ1) is 16.9. The molecule has 0 spiro atoms. The van der Waals surface area contributed by atoms with E-state index in [-0.39, 0.29) is 0 Å². The van der Waals surface area contributed by atoms with Crippen molar-refractivity contribution in [2.75, 3.05) is 12.4 Å². The van der Waals surface area contributed by atoms with Gasteiger partial charge >= 0.3 is 0 Å². The Morgan fingerprint density at radius 1 is 1.04 bits per heavy atom. The van der Waals surface area contributed by atoms with Crippen LogP contribution in [0, 0.1) is 0 Å². The molecule has 0 bridgehead atoms. The molecule has 0 amide bonds. The molecule has 1 aromatic heterocycles. The molecule has 0 unspecified atom stereocenters. The van der Waals surface area contributed by atoms with Gasteiger partial charge < -0.3 is 9.30 Å². The number of benzene rings is 2. The Kier molecular flexibility index (Phi) is 5.77. The fourth-order valence-electron chi connectivity index (χ4n) is 2.30. The van der Waals surface area contributed by atoms with Crippen LogP contribution in [-0.2, 0) is 6.54 Å². The van der Waals surface area contributed by atoms with Crippen LogP contribution in [0.3, 0.4) is 0 Å². The lowest BCUT2D eigenvalue weighted by Gasteiger charge is -2.08. The van der Waals surface area contributed by atoms with Crippen LogP contribution >= 0.6 is 23.4 Å². The summed E-state index contributed by atoms with van der Waals surface area (Å²) in [5.41, 5.74) is 1.08. The second-order valence-corrected chi connectivity index (χ2v) is 6.57. The Morgan fingerprint density at radius 3 is 2.50 bits per heavy atom. The first-order valence-electron chi connectivity index (χ1n) is 7.77. The molecule has 4 nitrogen and oxygen atoms in total. The van der Waals surface area contributed by atoms with Gasteiger partial charge in [0.1, 0.15) is 5.75 Å². The molecular formula is C18H18ClN3OS. The maximum atomic E-state index is 5.86. The van der Waals surface area contributed by atoms with Gasteiger partial charge in [-0.1, -0.05) is 53.7 Å². The molecule has 0 N–H and O–H groups in total. The van der Waals surface area contributed by atoms with Gasteiger partial charge in [0.15, 0.2) is 11.0 Å². The maximum absolute atomic E-state index is 5.86. The summed E-state index contributed by atoms with van der Waals surface area (Å²) in [7, 11) is 0. The second kappa shape index (κ2) is 8.22. The highest BCUT2D eigenvalue weighted by Gasteiger charge is 2.12. The van der Waals surface area contributed by atoms with Crippen molar-refractivity contribution in [1.29, 1.82) is 0 Å². The molecule has 0 saturated heterocycles. The van der Waals surface area contributed by atoms with Crippen molar-refractivity contribution in [3.8, 4) is 17.1 Å². The Balaban J connectivity index is 1.59. The molecule has 2 aromatic carbocycles. The van der Waals surface area contributed by atoms with Gasteiger partial charge in [0, 0.05) is 22.9 Å². The maximum Gasteiger partial charge on any atom is 0.191 e. The van der Waals surface area contributed by atoms with E-state index in [9.17, 15) is 0 Å². The average molecular weight is 360 g/mol. The summed E-state index contributed by atoms with van der Waals surface area (Å²) >= 11 is 7.51. The predicted octanol–water partition coefficient (Wildman–Crippen LogP) is 4.79. The number of nitrogens with zero attached hydrogens (tertiary/aromatic N) is 3. The van der Waals surface area contributed by atoms with Crippen LogP contribution in [0.2, 0.25) is 5.02 Å². The van der Waals surface area contributed by atoms with Crippen LogP contribution in [0.5, 0.6) is 5.75 Å². The number of halogens is 1.